The van der Waals surface area contributed by atoms with E-state index in [0.29, 0.717) is 36.7 Å². The van der Waals surface area contributed by atoms with Gasteiger partial charge in [-0.2, -0.15) is 0 Å². The van der Waals surface area contributed by atoms with Gasteiger partial charge in [-0.05, 0) is 48.6 Å². The number of ether oxygens (including phenoxy) is 1. The van der Waals surface area contributed by atoms with Crippen LogP contribution >= 0.6 is 0 Å². The van der Waals surface area contributed by atoms with Crippen molar-refractivity contribution in [3.8, 4) is 5.75 Å². The number of aromatic amines is 1. The zero-order valence-electron chi connectivity index (χ0n) is 19.1. The summed E-state index contributed by atoms with van der Waals surface area (Å²) in [5.74, 6) is 0.286. The summed E-state index contributed by atoms with van der Waals surface area (Å²) in [7, 11) is 1.59. The summed E-state index contributed by atoms with van der Waals surface area (Å²) in [6.45, 7) is 0.387. The van der Waals surface area contributed by atoms with E-state index in [1.54, 1.807) is 18.1 Å². The van der Waals surface area contributed by atoms with Crippen LogP contribution in [0.4, 0.5) is 5.69 Å². The first kappa shape index (κ1) is 22.0. The Balaban J connectivity index is 1.34. The van der Waals surface area contributed by atoms with E-state index in [1.807, 2.05) is 42.5 Å². The standard InChI is InChI=1S/C26H28N4O4/c1-34-23-8-4-7-20-18(23)14-21(27-20)25(32)29-22(13-16-9-10-16)26(33)30-12-11-17-5-2-3-6-19(17)28-24(31)15-30/h2-8,14,16,22,27H,9-13,15H2,1H3,(H,28,31)(H,29,32). The molecule has 34 heavy (non-hydrogen) atoms. The molecule has 1 fully saturated rings. The molecule has 8 nitrogen and oxygen atoms in total. The lowest BCUT2D eigenvalue weighted by Crippen LogP contribution is -2.51. The molecule has 1 unspecified atom stereocenters. The number of anilines is 1. The van der Waals surface area contributed by atoms with Crippen molar-refractivity contribution in [2.24, 2.45) is 5.92 Å². The van der Waals surface area contributed by atoms with E-state index in [9.17, 15) is 14.4 Å². The Kier molecular flexibility index (Phi) is 5.96. The quantitative estimate of drug-likeness (QED) is 0.526. The average Bonchev–Trinajstić information content (AvgIpc) is 3.53. The Bertz CT molecular complexity index is 1250. The molecule has 1 aromatic heterocycles. The van der Waals surface area contributed by atoms with Gasteiger partial charge < -0.3 is 25.3 Å². The molecule has 176 valence electrons. The number of rotatable bonds is 6. The fraction of sp³-hybridized carbons (Fsp3) is 0.346. The first-order valence-corrected chi connectivity index (χ1v) is 11.6. The van der Waals surface area contributed by atoms with Crippen LogP contribution in [0.5, 0.6) is 5.75 Å². The number of aromatic nitrogens is 1. The van der Waals surface area contributed by atoms with Gasteiger partial charge in [0.25, 0.3) is 5.91 Å². The van der Waals surface area contributed by atoms with Crippen LogP contribution in [-0.2, 0) is 16.0 Å². The molecule has 2 aromatic carbocycles. The van der Waals surface area contributed by atoms with E-state index in [-0.39, 0.29) is 24.3 Å². The zero-order chi connectivity index (χ0) is 23.7. The molecule has 0 saturated heterocycles. The number of nitrogens with one attached hydrogen (secondary N) is 3. The highest BCUT2D eigenvalue weighted by molar-refractivity contribution is 6.02. The van der Waals surface area contributed by atoms with Gasteiger partial charge >= 0.3 is 0 Å². The normalized spacial score (nSPS) is 16.7. The Hall–Kier alpha value is -3.81. The number of hydrogen-bond donors (Lipinski definition) is 3. The predicted molar refractivity (Wildman–Crippen MR) is 129 cm³/mol. The summed E-state index contributed by atoms with van der Waals surface area (Å²) in [6.07, 6.45) is 3.31. The number of amides is 3. The van der Waals surface area contributed by atoms with Crippen molar-refractivity contribution in [2.45, 2.75) is 31.7 Å². The molecule has 0 bridgehead atoms. The summed E-state index contributed by atoms with van der Waals surface area (Å²) in [5.41, 5.74) is 2.93. The van der Waals surface area contributed by atoms with Crippen molar-refractivity contribution >= 4 is 34.3 Å². The summed E-state index contributed by atoms with van der Waals surface area (Å²) in [4.78, 5) is 43.9. The number of nitrogens with zero attached hydrogens (tertiary/aromatic N) is 1. The molecule has 1 atom stereocenters. The van der Waals surface area contributed by atoms with E-state index >= 15 is 0 Å². The van der Waals surface area contributed by atoms with Gasteiger partial charge in [-0.25, -0.2) is 0 Å². The van der Waals surface area contributed by atoms with Crippen molar-refractivity contribution < 1.29 is 19.1 Å². The molecule has 2 heterocycles. The zero-order valence-corrected chi connectivity index (χ0v) is 19.1. The smallest absolute Gasteiger partial charge is 0.268 e. The van der Waals surface area contributed by atoms with E-state index in [1.165, 1.54) is 0 Å². The number of fused-ring (bicyclic) bond motifs is 2. The number of carbonyl (C=O) groups excluding carboxylic acids is 3. The van der Waals surface area contributed by atoms with Crippen LogP contribution in [-0.4, -0.2) is 53.8 Å². The summed E-state index contributed by atoms with van der Waals surface area (Å²) in [5, 5.41) is 6.64. The third-order valence-electron chi connectivity index (χ3n) is 6.55. The Morgan fingerprint density at radius 2 is 2.00 bits per heavy atom. The van der Waals surface area contributed by atoms with Gasteiger partial charge in [-0.1, -0.05) is 37.1 Å². The lowest BCUT2D eigenvalue weighted by Gasteiger charge is -2.29. The molecule has 0 radical (unpaired) electrons. The van der Waals surface area contributed by atoms with Crippen LogP contribution in [0.3, 0.4) is 0 Å². The highest BCUT2D eigenvalue weighted by Crippen LogP contribution is 2.34. The molecule has 8 heteroatoms. The Labute approximate surface area is 197 Å². The molecule has 3 aromatic rings. The van der Waals surface area contributed by atoms with Gasteiger partial charge in [-0.3, -0.25) is 14.4 Å². The van der Waals surface area contributed by atoms with Crippen molar-refractivity contribution in [2.75, 3.05) is 25.5 Å². The number of hydrogen-bond acceptors (Lipinski definition) is 4. The summed E-state index contributed by atoms with van der Waals surface area (Å²) < 4.78 is 5.39. The van der Waals surface area contributed by atoms with Gasteiger partial charge in [0.15, 0.2) is 0 Å². The fourth-order valence-corrected chi connectivity index (χ4v) is 4.54. The molecule has 0 spiro atoms. The minimum atomic E-state index is -0.684. The van der Waals surface area contributed by atoms with E-state index in [0.717, 1.165) is 35.0 Å². The maximum atomic E-state index is 13.5. The first-order valence-electron chi connectivity index (χ1n) is 11.6. The number of methoxy groups -OCH3 is 1. The largest absolute Gasteiger partial charge is 0.496 e. The molecule has 3 amide bonds. The monoisotopic (exact) mass is 460 g/mol. The molecule has 1 aliphatic carbocycles. The molecule has 1 aliphatic heterocycles. The Morgan fingerprint density at radius 3 is 2.79 bits per heavy atom. The van der Waals surface area contributed by atoms with Crippen molar-refractivity contribution in [3.63, 3.8) is 0 Å². The second kappa shape index (κ2) is 9.21. The highest BCUT2D eigenvalue weighted by atomic mass is 16.5. The molecule has 2 aliphatic rings. The SMILES string of the molecule is COc1cccc2[nH]c(C(=O)NC(CC3CC3)C(=O)N3CCc4ccccc4NC(=O)C3)cc12. The maximum Gasteiger partial charge on any atom is 0.268 e. The third kappa shape index (κ3) is 4.62. The van der Waals surface area contributed by atoms with Crippen LogP contribution in [0.1, 0.15) is 35.3 Å². The van der Waals surface area contributed by atoms with Crippen LogP contribution in [0, 0.1) is 5.92 Å². The molecular weight excluding hydrogens is 432 g/mol. The van der Waals surface area contributed by atoms with E-state index in [2.05, 4.69) is 15.6 Å². The first-order chi connectivity index (χ1) is 16.5. The van der Waals surface area contributed by atoms with Gasteiger partial charge in [0.05, 0.1) is 13.7 Å². The van der Waals surface area contributed by atoms with Crippen LogP contribution in [0.2, 0.25) is 0 Å². The average molecular weight is 461 g/mol. The minimum absolute atomic E-state index is 0.0339. The predicted octanol–water partition coefficient (Wildman–Crippen LogP) is 3.10. The van der Waals surface area contributed by atoms with Gasteiger partial charge in [0.1, 0.15) is 17.5 Å². The lowest BCUT2D eigenvalue weighted by atomic mass is 10.1. The molecule has 3 N–H and O–H groups in total. The van der Waals surface area contributed by atoms with Crippen LogP contribution < -0.4 is 15.4 Å². The second-order valence-corrected chi connectivity index (χ2v) is 9.02. The molecule has 1 saturated carbocycles. The lowest BCUT2D eigenvalue weighted by molar-refractivity contribution is -0.136. The topological polar surface area (TPSA) is 104 Å². The number of carbonyl (C=O) groups is 3. The van der Waals surface area contributed by atoms with Crippen LogP contribution in [0.15, 0.2) is 48.5 Å². The number of benzene rings is 2. The minimum Gasteiger partial charge on any atom is -0.496 e. The van der Waals surface area contributed by atoms with Crippen molar-refractivity contribution in [1.82, 2.24) is 15.2 Å². The summed E-state index contributed by atoms with van der Waals surface area (Å²) >= 11 is 0. The molecular formula is C26H28N4O4. The fourth-order valence-electron chi connectivity index (χ4n) is 4.54. The van der Waals surface area contributed by atoms with E-state index < -0.39 is 6.04 Å². The van der Waals surface area contributed by atoms with Crippen LogP contribution in [0.25, 0.3) is 10.9 Å². The summed E-state index contributed by atoms with van der Waals surface area (Å²) in [6, 6.07) is 14.2. The second-order valence-electron chi connectivity index (χ2n) is 9.02. The highest BCUT2D eigenvalue weighted by Gasteiger charge is 2.34. The maximum absolute atomic E-state index is 13.5. The van der Waals surface area contributed by atoms with Crippen molar-refractivity contribution in [3.05, 3.63) is 59.8 Å². The Morgan fingerprint density at radius 1 is 1.18 bits per heavy atom. The molecule has 5 rings (SSSR count). The van der Waals surface area contributed by atoms with Gasteiger partial charge in [0, 0.05) is 23.1 Å². The number of H-pyrrole nitrogens is 1. The van der Waals surface area contributed by atoms with E-state index in [4.69, 9.17) is 4.74 Å². The third-order valence-corrected chi connectivity index (χ3v) is 6.55. The number of para-hydroxylation sites is 1. The van der Waals surface area contributed by atoms with Gasteiger partial charge in [0.2, 0.25) is 11.8 Å². The van der Waals surface area contributed by atoms with Gasteiger partial charge in [-0.15, -0.1) is 0 Å². The van der Waals surface area contributed by atoms with Crippen molar-refractivity contribution in [1.29, 1.82) is 0 Å².